The Balaban J connectivity index is 1.88. The summed E-state index contributed by atoms with van der Waals surface area (Å²) in [5.74, 6) is 1.19. The van der Waals surface area contributed by atoms with Gasteiger partial charge in [-0.15, -0.1) is 0 Å². The SMILES string of the molecule is O=CN1CCCC(=Cc2ccc3c(c2)OCO3)C1=O. The summed E-state index contributed by atoms with van der Waals surface area (Å²) < 4.78 is 10.5. The highest BCUT2D eigenvalue weighted by atomic mass is 16.7. The van der Waals surface area contributed by atoms with Gasteiger partial charge in [0.05, 0.1) is 0 Å². The summed E-state index contributed by atoms with van der Waals surface area (Å²) in [4.78, 5) is 23.9. The van der Waals surface area contributed by atoms with E-state index in [1.807, 2.05) is 18.2 Å². The number of nitrogens with zero attached hydrogens (tertiary/aromatic N) is 1. The van der Waals surface area contributed by atoms with Gasteiger partial charge in [0.15, 0.2) is 11.5 Å². The number of fused-ring (bicyclic) bond motifs is 1. The first kappa shape index (κ1) is 11.8. The third-order valence-electron chi connectivity index (χ3n) is 3.25. The van der Waals surface area contributed by atoms with E-state index < -0.39 is 0 Å². The molecular formula is C14H13NO4. The van der Waals surface area contributed by atoms with E-state index in [1.54, 1.807) is 6.08 Å². The number of amides is 2. The van der Waals surface area contributed by atoms with Crippen molar-refractivity contribution >= 4 is 18.4 Å². The summed E-state index contributed by atoms with van der Waals surface area (Å²) in [6.07, 6.45) is 3.90. The van der Waals surface area contributed by atoms with Crippen LogP contribution in [-0.2, 0) is 9.59 Å². The van der Waals surface area contributed by atoms with Crippen LogP contribution in [0.2, 0.25) is 0 Å². The Hall–Kier alpha value is -2.30. The van der Waals surface area contributed by atoms with Crippen molar-refractivity contribution in [3.05, 3.63) is 29.3 Å². The maximum Gasteiger partial charge on any atom is 0.256 e. The summed E-state index contributed by atoms with van der Waals surface area (Å²) >= 11 is 0. The lowest BCUT2D eigenvalue weighted by Gasteiger charge is -2.22. The fourth-order valence-corrected chi connectivity index (χ4v) is 2.27. The molecule has 0 atom stereocenters. The number of piperidine rings is 1. The van der Waals surface area contributed by atoms with Gasteiger partial charge in [-0.05, 0) is 36.6 Å². The highest BCUT2D eigenvalue weighted by molar-refractivity contribution is 6.03. The molecular weight excluding hydrogens is 246 g/mol. The molecule has 98 valence electrons. The average Bonchev–Trinajstić information content (AvgIpc) is 2.88. The second-order valence-electron chi connectivity index (χ2n) is 4.49. The average molecular weight is 259 g/mol. The third-order valence-corrected chi connectivity index (χ3v) is 3.25. The van der Waals surface area contributed by atoms with E-state index in [4.69, 9.17) is 9.47 Å². The molecule has 19 heavy (non-hydrogen) atoms. The van der Waals surface area contributed by atoms with E-state index in [9.17, 15) is 9.59 Å². The molecule has 2 heterocycles. The van der Waals surface area contributed by atoms with Crippen molar-refractivity contribution in [3.8, 4) is 11.5 Å². The second-order valence-corrected chi connectivity index (χ2v) is 4.49. The van der Waals surface area contributed by atoms with Crippen LogP contribution in [-0.4, -0.2) is 30.6 Å². The molecule has 5 heteroatoms. The van der Waals surface area contributed by atoms with Gasteiger partial charge < -0.3 is 9.47 Å². The minimum Gasteiger partial charge on any atom is -0.454 e. The summed E-state index contributed by atoms with van der Waals surface area (Å²) in [5.41, 5.74) is 1.53. The summed E-state index contributed by atoms with van der Waals surface area (Å²) in [6, 6.07) is 5.52. The Bertz CT molecular complexity index is 565. The molecule has 1 fully saturated rings. The van der Waals surface area contributed by atoms with E-state index in [0.29, 0.717) is 36.4 Å². The zero-order valence-electron chi connectivity index (χ0n) is 10.3. The number of rotatable bonds is 2. The van der Waals surface area contributed by atoms with Gasteiger partial charge >= 0.3 is 0 Å². The number of hydrogen-bond donors (Lipinski definition) is 0. The maximum absolute atomic E-state index is 12.0. The third kappa shape index (κ3) is 2.19. The van der Waals surface area contributed by atoms with E-state index in [2.05, 4.69) is 0 Å². The van der Waals surface area contributed by atoms with Crippen LogP contribution < -0.4 is 9.47 Å². The first-order valence-electron chi connectivity index (χ1n) is 6.14. The first-order valence-corrected chi connectivity index (χ1v) is 6.14. The van der Waals surface area contributed by atoms with Crippen molar-refractivity contribution in [1.82, 2.24) is 4.90 Å². The van der Waals surface area contributed by atoms with E-state index >= 15 is 0 Å². The molecule has 0 bridgehead atoms. The van der Waals surface area contributed by atoms with Gasteiger partial charge in [-0.1, -0.05) is 6.07 Å². The molecule has 2 amide bonds. The highest BCUT2D eigenvalue weighted by Crippen LogP contribution is 2.33. The Morgan fingerprint density at radius 3 is 2.89 bits per heavy atom. The van der Waals surface area contributed by atoms with Crippen LogP contribution in [0.3, 0.4) is 0 Å². The van der Waals surface area contributed by atoms with Crippen LogP contribution in [0.5, 0.6) is 11.5 Å². The zero-order chi connectivity index (χ0) is 13.2. The molecule has 0 radical (unpaired) electrons. The number of imide groups is 1. The molecule has 0 aromatic heterocycles. The first-order chi connectivity index (χ1) is 9.28. The Kier molecular flexibility index (Phi) is 2.95. The van der Waals surface area contributed by atoms with Gasteiger partial charge in [0.1, 0.15) is 0 Å². The van der Waals surface area contributed by atoms with Gasteiger partial charge in [-0.25, -0.2) is 0 Å². The van der Waals surface area contributed by atoms with Gasteiger partial charge in [0.25, 0.3) is 5.91 Å². The maximum atomic E-state index is 12.0. The number of carbonyl (C=O) groups is 2. The van der Waals surface area contributed by atoms with Crippen LogP contribution in [0.15, 0.2) is 23.8 Å². The fourth-order valence-electron chi connectivity index (χ4n) is 2.27. The summed E-state index contributed by atoms with van der Waals surface area (Å²) in [5, 5.41) is 0. The van der Waals surface area contributed by atoms with Gasteiger partial charge in [0.2, 0.25) is 13.2 Å². The molecule has 3 rings (SSSR count). The van der Waals surface area contributed by atoms with Gasteiger partial charge in [0, 0.05) is 12.1 Å². The Morgan fingerprint density at radius 2 is 2.05 bits per heavy atom. The summed E-state index contributed by atoms with van der Waals surface area (Å²) in [6.45, 7) is 0.730. The number of benzene rings is 1. The molecule has 2 aliphatic rings. The monoisotopic (exact) mass is 259 g/mol. The topological polar surface area (TPSA) is 55.8 Å². The van der Waals surface area contributed by atoms with E-state index in [-0.39, 0.29) is 12.7 Å². The molecule has 0 aliphatic carbocycles. The molecule has 0 spiro atoms. The standard InChI is InChI=1S/C14H13NO4/c16-8-15-5-1-2-11(14(15)17)6-10-3-4-12-13(7-10)19-9-18-12/h3-4,6-8H,1-2,5,9H2. The smallest absolute Gasteiger partial charge is 0.256 e. The van der Waals surface area contributed by atoms with Crippen LogP contribution in [0.25, 0.3) is 6.08 Å². The number of likely N-dealkylation sites (tertiary alicyclic amines) is 1. The van der Waals surface area contributed by atoms with E-state index in [1.165, 1.54) is 4.90 Å². The van der Waals surface area contributed by atoms with Crippen LogP contribution in [0, 0.1) is 0 Å². The van der Waals surface area contributed by atoms with Crippen molar-refractivity contribution < 1.29 is 19.1 Å². The van der Waals surface area contributed by atoms with Gasteiger partial charge in [-0.2, -0.15) is 0 Å². The lowest BCUT2D eigenvalue weighted by molar-refractivity contribution is -0.136. The quantitative estimate of drug-likeness (QED) is 0.597. The number of hydrogen-bond acceptors (Lipinski definition) is 4. The fraction of sp³-hybridized carbons (Fsp3) is 0.286. The lowest BCUT2D eigenvalue weighted by atomic mass is 10.0. The minimum absolute atomic E-state index is 0.209. The number of carbonyl (C=O) groups excluding carboxylic acids is 2. The largest absolute Gasteiger partial charge is 0.454 e. The zero-order valence-corrected chi connectivity index (χ0v) is 10.3. The Morgan fingerprint density at radius 1 is 1.21 bits per heavy atom. The molecule has 0 unspecified atom stereocenters. The number of ether oxygens (including phenoxy) is 2. The molecule has 1 aromatic carbocycles. The van der Waals surface area contributed by atoms with Crippen molar-refractivity contribution in [2.45, 2.75) is 12.8 Å². The van der Waals surface area contributed by atoms with Crippen molar-refractivity contribution in [2.24, 2.45) is 0 Å². The second kappa shape index (κ2) is 4.76. The highest BCUT2D eigenvalue weighted by Gasteiger charge is 2.22. The van der Waals surface area contributed by atoms with Crippen LogP contribution >= 0.6 is 0 Å². The molecule has 1 saturated heterocycles. The summed E-state index contributed by atoms with van der Waals surface area (Å²) in [7, 11) is 0. The molecule has 0 N–H and O–H groups in total. The predicted octanol–water partition coefficient (Wildman–Crippen LogP) is 1.58. The normalized spacial score (nSPS) is 19.9. The predicted molar refractivity (Wildman–Crippen MR) is 67.6 cm³/mol. The van der Waals surface area contributed by atoms with Crippen LogP contribution in [0.1, 0.15) is 18.4 Å². The van der Waals surface area contributed by atoms with Crippen molar-refractivity contribution in [3.63, 3.8) is 0 Å². The Labute approximate surface area is 110 Å². The van der Waals surface area contributed by atoms with E-state index in [0.717, 1.165) is 12.0 Å². The van der Waals surface area contributed by atoms with Crippen molar-refractivity contribution in [2.75, 3.05) is 13.3 Å². The molecule has 5 nitrogen and oxygen atoms in total. The van der Waals surface area contributed by atoms with Crippen LogP contribution in [0.4, 0.5) is 0 Å². The molecule has 2 aliphatic heterocycles. The van der Waals surface area contributed by atoms with Gasteiger partial charge in [-0.3, -0.25) is 14.5 Å². The molecule has 0 saturated carbocycles. The lowest BCUT2D eigenvalue weighted by Crippen LogP contribution is -2.35. The van der Waals surface area contributed by atoms with Crippen molar-refractivity contribution in [1.29, 1.82) is 0 Å². The minimum atomic E-state index is -0.209. The molecule has 1 aromatic rings.